The molecule has 0 heterocycles. The number of hydrogen-bond acceptors (Lipinski definition) is 6. The Hall–Kier alpha value is -2.38. The number of hydrogen-bond donors (Lipinski definition) is 0. The third kappa shape index (κ3) is 3.21. The van der Waals surface area contributed by atoms with Gasteiger partial charge < -0.3 is 14.2 Å². The van der Waals surface area contributed by atoms with Crippen molar-refractivity contribution in [3.8, 4) is 11.5 Å². The number of rotatable bonds is 6. The molecule has 0 aliphatic heterocycles. The van der Waals surface area contributed by atoms with Crippen LogP contribution in [0.5, 0.6) is 11.5 Å². The summed E-state index contributed by atoms with van der Waals surface area (Å²) in [5.41, 5.74) is -2.01. The van der Waals surface area contributed by atoms with E-state index in [0.717, 1.165) is 0 Å². The Morgan fingerprint density at radius 3 is 2.67 bits per heavy atom. The first-order valence-corrected chi connectivity index (χ1v) is 6.12. The molecule has 0 spiro atoms. The Morgan fingerprint density at radius 2 is 2.10 bits per heavy atom. The summed E-state index contributed by atoms with van der Waals surface area (Å²) < 4.78 is 28.7. The van der Waals surface area contributed by atoms with E-state index in [0.29, 0.717) is 0 Å². The highest BCUT2D eigenvalue weighted by molar-refractivity contribution is 5.77. The lowest BCUT2D eigenvalue weighted by Gasteiger charge is -2.11. The molecule has 2 rings (SSSR count). The first-order valence-electron chi connectivity index (χ1n) is 6.12. The number of nitro benzene ring substituents is 1. The first-order chi connectivity index (χ1) is 9.89. The summed E-state index contributed by atoms with van der Waals surface area (Å²) in [4.78, 5) is 21.4. The predicted molar refractivity (Wildman–Crippen MR) is 69.1 cm³/mol. The Balaban J connectivity index is 2.05. The Labute approximate surface area is 119 Å². The fourth-order valence-corrected chi connectivity index (χ4v) is 1.94. The number of methoxy groups -OCH3 is 2. The zero-order chi connectivity index (χ0) is 15.6. The quantitative estimate of drug-likeness (QED) is 0.453. The summed E-state index contributed by atoms with van der Waals surface area (Å²) >= 11 is 0. The molecule has 1 saturated carbocycles. The largest absolute Gasteiger partial charge is 0.496 e. The number of carbonyl (C=O) groups is 1. The van der Waals surface area contributed by atoms with Gasteiger partial charge in [-0.05, 0) is 0 Å². The van der Waals surface area contributed by atoms with Crippen molar-refractivity contribution >= 4 is 11.7 Å². The Morgan fingerprint density at radius 1 is 1.43 bits per heavy atom. The SMILES string of the molecule is COC(=O)C1C[C@@]1(F)COc1cc(OC)cc([N+](=O)[O-])c1. The number of non-ortho nitro benzene ring substituents is 1. The zero-order valence-electron chi connectivity index (χ0n) is 11.5. The maximum atomic E-state index is 14.1. The van der Waals surface area contributed by atoms with Crippen molar-refractivity contribution in [1.82, 2.24) is 0 Å². The number of ether oxygens (including phenoxy) is 3. The van der Waals surface area contributed by atoms with Crippen LogP contribution in [0.4, 0.5) is 10.1 Å². The van der Waals surface area contributed by atoms with Crippen LogP contribution in [-0.4, -0.2) is 37.4 Å². The molecule has 1 fully saturated rings. The van der Waals surface area contributed by atoms with Crippen molar-refractivity contribution in [3.05, 3.63) is 28.3 Å². The molecule has 114 valence electrons. The average Bonchev–Trinajstić information content (AvgIpc) is 3.16. The number of benzene rings is 1. The highest BCUT2D eigenvalue weighted by atomic mass is 19.1. The van der Waals surface area contributed by atoms with E-state index in [9.17, 15) is 19.3 Å². The fourth-order valence-electron chi connectivity index (χ4n) is 1.94. The first kappa shape index (κ1) is 15.0. The third-order valence-corrected chi connectivity index (χ3v) is 3.28. The van der Waals surface area contributed by atoms with Crippen LogP contribution in [0.2, 0.25) is 0 Å². The summed E-state index contributed by atoms with van der Waals surface area (Å²) in [7, 11) is 2.54. The third-order valence-electron chi connectivity index (χ3n) is 3.28. The number of alkyl halides is 1. The monoisotopic (exact) mass is 299 g/mol. The summed E-state index contributed by atoms with van der Waals surface area (Å²) in [5.74, 6) is -1.14. The number of halogens is 1. The summed E-state index contributed by atoms with van der Waals surface area (Å²) in [6, 6.07) is 3.81. The molecule has 0 radical (unpaired) electrons. The minimum atomic E-state index is -1.79. The molecule has 8 heteroatoms. The summed E-state index contributed by atoms with van der Waals surface area (Å²) in [6.45, 7) is -0.378. The van der Waals surface area contributed by atoms with Crippen molar-refractivity contribution in [2.45, 2.75) is 12.1 Å². The molecule has 7 nitrogen and oxygen atoms in total. The van der Waals surface area contributed by atoms with Gasteiger partial charge in [0.15, 0.2) is 5.67 Å². The van der Waals surface area contributed by atoms with Gasteiger partial charge in [0.1, 0.15) is 18.1 Å². The molecule has 1 aromatic rings. The molecule has 1 aromatic carbocycles. The van der Waals surface area contributed by atoms with Gasteiger partial charge in [-0.25, -0.2) is 4.39 Å². The van der Waals surface area contributed by atoms with Crippen LogP contribution in [-0.2, 0) is 9.53 Å². The molecule has 21 heavy (non-hydrogen) atoms. The molecule has 0 amide bonds. The van der Waals surface area contributed by atoms with Crippen LogP contribution in [0, 0.1) is 16.0 Å². The Kier molecular flexibility index (Phi) is 3.97. The molecule has 1 aliphatic carbocycles. The van der Waals surface area contributed by atoms with Gasteiger partial charge in [-0.1, -0.05) is 0 Å². The Bertz CT molecular complexity index is 578. The molecule has 1 unspecified atom stereocenters. The normalized spacial score (nSPS) is 23.3. The maximum Gasteiger partial charge on any atom is 0.312 e. The lowest BCUT2D eigenvalue weighted by molar-refractivity contribution is -0.385. The minimum absolute atomic E-state index is 0.0196. The molecule has 1 aliphatic rings. The van der Waals surface area contributed by atoms with E-state index in [-0.39, 0.29) is 30.2 Å². The zero-order valence-corrected chi connectivity index (χ0v) is 11.5. The van der Waals surface area contributed by atoms with Crippen molar-refractivity contribution in [2.24, 2.45) is 5.92 Å². The number of nitro groups is 1. The van der Waals surface area contributed by atoms with Crippen LogP contribution in [0.3, 0.4) is 0 Å². The van der Waals surface area contributed by atoms with Gasteiger partial charge in [-0.15, -0.1) is 0 Å². The van der Waals surface area contributed by atoms with Gasteiger partial charge in [0.05, 0.1) is 37.2 Å². The number of carbonyl (C=O) groups excluding carboxylic acids is 1. The lowest BCUT2D eigenvalue weighted by atomic mass is 10.2. The van der Waals surface area contributed by atoms with Crippen molar-refractivity contribution in [3.63, 3.8) is 0 Å². The predicted octanol–water partition coefficient (Wildman–Crippen LogP) is 1.88. The molecule has 0 N–H and O–H groups in total. The van der Waals surface area contributed by atoms with E-state index >= 15 is 0 Å². The molecular weight excluding hydrogens is 285 g/mol. The van der Waals surface area contributed by atoms with Crippen molar-refractivity contribution in [2.75, 3.05) is 20.8 Å². The molecule has 0 aromatic heterocycles. The molecular formula is C13H14FNO6. The summed E-state index contributed by atoms with van der Waals surface area (Å²) in [5, 5.41) is 10.8. The highest BCUT2D eigenvalue weighted by Crippen LogP contribution is 2.48. The molecule has 2 atom stereocenters. The van der Waals surface area contributed by atoms with E-state index in [1.165, 1.54) is 32.4 Å². The fraction of sp³-hybridized carbons (Fsp3) is 0.462. The van der Waals surface area contributed by atoms with Gasteiger partial charge >= 0.3 is 5.97 Å². The number of nitrogens with zero attached hydrogens (tertiary/aromatic N) is 1. The van der Waals surface area contributed by atoms with Crippen molar-refractivity contribution in [1.29, 1.82) is 0 Å². The lowest BCUT2D eigenvalue weighted by Crippen LogP contribution is -2.21. The van der Waals surface area contributed by atoms with Crippen molar-refractivity contribution < 1.29 is 28.3 Å². The second-order valence-corrected chi connectivity index (χ2v) is 4.73. The topological polar surface area (TPSA) is 87.9 Å². The smallest absolute Gasteiger partial charge is 0.312 e. The van der Waals surface area contributed by atoms with E-state index in [1.807, 2.05) is 0 Å². The van der Waals surface area contributed by atoms with E-state index in [4.69, 9.17) is 9.47 Å². The second kappa shape index (κ2) is 5.55. The van der Waals surface area contributed by atoms with Gasteiger partial charge in [0, 0.05) is 12.5 Å². The average molecular weight is 299 g/mol. The minimum Gasteiger partial charge on any atom is -0.496 e. The summed E-state index contributed by atoms with van der Waals surface area (Å²) in [6.07, 6.45) is 0.0196. The van der Waals surface area contributed by atoms with Gasteiger partial charge in [-0.3, -0.25) is 14.9 Å². The second-order valence-electron chi connectivity index (χ2n) is 4.73. The van der Waals surface area contributed by atoms with Gasteiger partial charge in [0.2, 0.25) is 0 Å². The number of esters is 1. The van der Waals surface area contributed by atoms with E-state index in [1.54, 1.807) is 0 Å². The highest BCUT2D eigenvalue weighted by Gasteiger charge is 2.61. The van der Waals surface area contributed by atoms with Crippen LogP contribution in [0.25, 0.3) is 0 Å². The van der Waals surface area contributed by atoms with Crippen LogP contribution in [0.1, 0.15) is 6.42 Å². The van der Waals surface area contributed by atoms with E-state index < -0.39 is 22.5 Å². The molecule has 0 saturated heterocycles. The van der Waals surface area contributed by atoms with Crippen LogP contribution in [0.15, 0.2) is 18.2 Å². The maximum absolute atomic E-state index is 14.1. The standard InChI is InChI=1S/C13H14FNO6/c1-19-9-3-8(15(17)18)4-10(5-9)21-7-13(14)6-11(13)12(16)20-2/h3-5,11H,6-7H2,1-2H3/t11?,13-/m1/s1. The van der Waals surface area contributed by atoms with Crippen LogP contribution >= 0.6 is 0 Å². The molecule has 0 bridgehead atoms. The van der Waals surface area contributed by atoms with Gasteiger partial charge in [-0.2, -0.15) is 0 Å². The van der Waals surface area contributed by atoms with E-state index in [2.05, 4.69) is 4.74 Å². The van der Waals surface area contributed by atoms with Gasteiger partial charge in [0.25, 0.3) is 5.69 Å². The van der Waals surface area contributed by atoms with Crippen LogP contribution < -0.4 is 9.47 Å².